The van der Waals surface area contributed by atoms with Crippen LogP contribution in [-0.2, 0) is 63.9 Å². The Balaban J connectivity index is 1.06. The van der Waals surface area contributed by atoms with Crippen molar-refractivity contribution in [2.75, 3.05) is 32.6 Å². The fourth-order valence-corrected chi connectivity index (χ4v) is 16.4. The van der Waals surface area contributed by atoms with Gasteiger partial charge >= 0.3 is 5.97 Å². The average Bonchev–Trinajstić information content (AvgIpc) is 0.762. The number of rotatable bonds is 29. The monoisotopic (exact) mass is 1800 g/mol. The molecule has 6 aromatic rings. The molecular weight excluding hydrogens is 1690 g/mol. The Morgan fingerprint density at radius 3 is 1.94 bits per heavy atom. The van der Waals surface area contributed by atoms with Gasteiger partial charge in [0.05, 0.1) is 54.5 Å². The maximum absolute atomic E-state index is 16.3. The van der Waals surface area contributed by atoms with Crippen LogP contribution in [0.5, 0.6) is 57.5 Å². The van der Waals surface area contributed by atoms with Crippen molar-refractivity contribution >= 4 is 87.4 Å². The molecule has 36 nitrogen and oxygen atoms in total. The van der Waals surface area contributed by atoms with Crippen LogP contribution in [0.2, 0.25) is 10.0 Å². The number of benzene rings is 6. The lowest BCUT2D eigenvalue weighted by atomic mass is 9.84. The summed E-state index contributed by atoms with van der Waals surface area (Å²) in [6.45, 7) is 10.4. The highest BCUT2D eigenvalue weighted by Crippen LogP contribution is 2.50. The number of carboxylic acid groups (broad SMARTS) is 1. The highest BCUT2D eigenvalue weighted by Gasteiger charge is 2.52. The fourth-order valence-electron chi connectivity index (χ4n) is 15.3. The summed E-state index contributed by atoms with van der Waals surface area (Å²) >= 11 is 15.6. The second kappa shape index (κ2) is 42.3. The third kappa shape index (κ3) is 23.1. The van der Waals surface area contributed by atoms with E-state index in [1.54, 1.807) is 19.9 Å². The minimum Gasteiger partial charge on any atom is -0.508 e. The van der Waals surface area contributed by atoms with Gasteiger partial charge in [0.25, 0.3) is 0 Å². The molecule has 125 heavy (non-hydrogen) atoms. The van der Waals surface area contributed by atoms with Crippen molar-refractivity contribution in [3.05, 3.63) is 140 Å². The average molecular weight is 1800 g/mol. The van der Waals surface area contributed by atoms with E-state index in [1.807, 2.05) is 26.0 Å². The number of nitrogens with one attached hydrogen (secondary N) is 8. The first-order valence-electron chi connectivity index (χ1n) is 40.9. The molecule has 0 spiro atoms. The van der Waals surface area contributed by atoms with E-state index in [2.05, 4.69) is 49.5 Å². The Bertz CT molecular complexity index is 4960. The number of amides is 7. The Morgan fingerprint density at radius 2 is 1.31 bits per heavy atom. The Kier molecular flexibility index (Phi) is 32.2. The van der Waals surface area contributed by atoms with Gasteiger partial charge in [-0.15, -0.1) is 0 Å². The molecular formula is C86H105Cl2N9O27S. The van der Waals surface area contributed by atoms with E-state index >= 15 is 24.0 Å². The van der Waals surface area contributed by atoms with Crippen molar-refractivity contribution in [3.8, 4) is 68.6 Å². The number of aliphatic hydroxyl groups is 6. The molecule has 13 rings (SSSR count). The van der Waals surface area contributed by atoms with Gasteiger partial charge in [-0.3, -0.25) is 38.4 Å². The van der Waals surface area contributed by atoms with Gasteiger partial charge in [0.15, 0.2) is 46.5 Å². The topological polar surface area (TPSA) is 552 Å². The quantitative estimate of drug-likeness (QED) is 0.0249. The molecule has 2 saturated heterocycles. The molecule has 2 fully saturated rings. The Morgan fingerprint density at radius 1 is 0.680 bits per heavy atom. The highest BCUT2D eigenvalue weighted by atomic mass is 35.5. The molecule has 6 aromatic carbocycles. The summed E-state index contributed by atoms with van der Waals surface area (Å²) in [5, 5.41) is 137. The lowest BCUT2D eigenvalue weighted by Gasteiger charge is -2.48. The summed E-state index contributed by atoms with van der Waals surface area (Å²) < 4.78 is 52.3. The van der Waals surface area contributed by atoms with Crippen LogP contribution in [0, 0.1) is 5.92 Å². The molecule has 39 heteroatoms. The van der Waals surface area contributed by atoms with Crippen LogP contribution in [0.1, 0.15) is 169 Å². The third-order valence-electron chi connectivity index (χ3n) is 22.0. The zero-order valence-electron chi connectivity index (χ0n) is 69.4. The van der Waals surface area contributed by atoms with Crippen LogP contribution >= 0.6 is 35.0 Å². The zero-order chi connectivity index (χ0) is 90.6. The number of aromatic hydroxyl groups is 3. The van der Waals surface area contributed by atoms with Crippen LogP contribution < -0.4 is 72.0 Å². The second-order valence-electron chi connectivity index (χ2n) is 31.9. The summed E-state index contributed by atoms with van der Waals surface area (Å²) in [4.78, 5) is 130. The lowest BCUT2D eigenvalue weighted by Crippen LogP contribution is -2.65. The first kappa shape index (κ1) is 95.3. The number of hydrogen-bond acceptors (Lipinski definition) is 29. The number of aliphatic carboxylic acids is 1. The molecule has 0 radical (unpaired) electrons. The normalized spacial score (nSPS) is 26.0. The molecule has 7 amide bonds. The number of carbonyl (C=O) groups is 9. The second-order valence-corrected chi connectivity index (χ2v) is 34.0. The molecule has 676 valence electrons. The number of aliphatic hydroxyl groups excluding tert-OH is 6. The van der Waals surface area contributed by atoms with Gasteiger partial charge in [0, 0.05) is 53.9 Å². The third-order valence-corrected chi connectivity index (χ3v) is 23.5. The summed E-state index contributed by atoms with van der Waals surface area (Å²) in [5.41, 5.74) is 2.30. The van der Waals surface area contributed by atoms with Crippen molar-refractivity contribution in [2.24, 2.45) is 11.7 Å². The van der Waals surface area contributed by atoms with Crippen molar-refractivity contribution in [2.45, 2.75) is 222 Å². The van der Waals surface area contributed by atoms with Crippen LogP contribution in [0.4, 0.5) is 0 Å². The van der Waals surface area contributed by atoms with Gasteiger partial charge in [-0.25, -0.2) is 4.79 Å². The van der Waals surface area contributed by atoms with Gasteiger partial charge < -0.3 is 137 Å². The number of thioether (sulfide) groups is 1. The van der Waals surface area contributed by atoms with Gasteiger partial charge in [-0.1, -0.05) is 106 Å². The number of ether oxygens (including phenoxy) is 8. The number of phenols is 3. The largest absolute Gasteiger partial charge is 0.508 e. The predicted octanol–water partition coefficient (Wildman–Crippen LogP) is 5.73. The molecule has 18 unspecified atom stereocenters. The molecule has 7 aliphatic rings. The molecule has 7 aliphatic heterocycles. The summed E-state index contributed by atoms with van der Waals surface area (Å²) in [7, 11) is 1.48. The number of nitrogens with two attached hydrogens (primary N) is 1. The first-order chi connectivity index (χ1) is 59.5. The summed E-state index contributed by atoms with van der Waals surface area (Å²) in [6, 6.07) is 4.72. The van der Waals surface area contributed by atoms with Crippen LogP contribution in [0.3, 0.4) is 0 Å². The summed E-state index contributed by atoms with van der Waals surface area (Å²) in [6.07, 6.45) is -12.6. The number of unbranched alkanes of at least 4 members (excludes halogenated alkanes) is 5. The van der Waals surface area contributed by atoms with Crippen LogP contribution in [-0.4, -0.2) is 215 Å². The van der Waals surface area contributed by atoms with Gasteiger partial charge in [0.2, 0.25) is 53.4 Å². The van der Waals surface area contributed by atoms with Crippen molar-refractivity contribution < 1.29 is 132 Å². The molecule has 20 N–H and O–H groups in total. The van der Waals surface area contributed by atoms with E-state index in [0.29, 0.717) is 42.4 Å². The Labute approximate surface area is 733 Å². The van der Waals surface area contributed by atoms with Crippen LogP contribution in [0.25, 0.3) is 11.1 Å². The smallest absolute Gasteiger partial charge is 0.330 e. The lowest BCUT2D eigenvalue weighted by molar-refractivity contribution is -0.334. The number of fused-ring (bicyclic) bond motifs is 15. The minimum absolute atomic E-state index is 0.0130. The maximum Gasteiger partial charge on any atom is 0.330 e. The van der Waals surface area contributed by atoms with Crippen molar-refractivity contribution in [1.82, 2.24) is 42.5 Å². The van der Waals surface area contributed by atoms with Crippen molar-refractivity contribution in [1.29, 1.82) is 0 Å². The van der Waals surface area contributed by atoms with Gasteiger partial charge in [0.1, 0.15) is 89.5 Å². The number of likely N-dealkylation sites (N-methyl/N-ethyl adjacent to an activating group) is 1. The highest BCUT2D eigenvalue weighted by molar-refractivity contribution is 8.13. The number of carbonyl (C=O) groups excluding carboxylic acids is 8. The molecule has 18 atom stereocenters. The van der Waals surface area contributed by atoms with Crippen LogP contribution in [0.15, 0.2) is 97.1 Å². The number of phenolic OH excluding ortho intramolecular Hbond substituents is 3. The van der Waals surface area contributed by atoms with E-state index < -0.39 is 237 Å². The first-order valence-corrected chi connectivity index (χ1v) is 42.7. The Hall–Kier alpha value is -10.4. The number of hydrogen-bond donors (Lipinski definition) is 19. The maximum atomic E-state index is 16.3. The number of primary amides is 1. The van der Waals surface area contributed by atoms with Gasteiger partial charge in [-0.05, 0) is 147 Å². The molecule has 0 aliphatic carbocycles. The van der Waals surface area contributed by atoms with E-state index in [-0.39, 0.29) is 57.9 Å². The SMILES string of the molecule is CCCCCCCOc1ccc(CNC2(C)CC(OC3C(Oc4c5cc6cc4Oc4ccc(cc4Cl)C(O)C4NC(=O)C(NC(=O)C6NC(=O)C(CC(N)=O)NC(=O)C(NC(=O)C(CC(C)C)NC)C(O)c6ccc(c(Cl)c6)O5)c5ccc(O)c(c5)-c5c(O)cc(O)cc5C(C(=O)O)NC4=O)OC(CO)C(O)C3O)OC(C)C2O)cc1OCCCCSC(C)=O. The standard InChI is InChI=1S/C86H105Cl2N9O27S/c1-8-9-10-11-12-23-117-58-20-15-42(27-59(58)118-24-13-14-25-125-41(5)99)37-91-86(6)36-64(119-40(4)77(86)108)123-76-74(107)73(106)62(38-98)122-85(76)124-75-60-31-46-32-61(75)121-57-22-18-45(30-51(57)88)72(105)70-83(114)95-68(84(115)116)49-33-47(100)34-55(102)65(49)48-28-43(16-19-54(48)101)66(80(111)97-70)94-81(112)67(46)93-79(110)53(35-63(89)103)92-82(113)69(96-78(109)52(90-7)26-39(2)3)71(104)44-17-21-56(120-60)50(87)29-44/h15-22,27-34,39-40,52-53,62,64,66-74,76-77,85,90-91,98,100-102,104-108H,8-14,23-26,35-38H2,1-7H3,(H2,89,103)(H,92,113)(H,93,110)(H,94,112)(H,95,114)(H,96,109)(H,97,111)(H,115,116). The zero-order valence-corrected chi connectivity index (χ0v) is 71.7. The molecule has 0 saturated carbocycles. The van der Waals surface area contributed by atoms with E-state index in [9.17, 15) is 70.2 Å². The van der Waals surface area contributed by atoms with Gasteiger partial charge in [-0.2, -0.15) is 0 Å². The fraction of sp³-hybridized carbons (Fsp3) is 0.477. The molecule has 11 bridgehead atoms. The molecule has 7 heterocycles. The summed E-state index contributed by atoms with van der Waals surface area (Å²) in [5.74, 6) is -14.5. The van der Waals surface area contributed by atoms with E-state index in [4.69, 9.17) is 66.8 Å². The number of carboxylic acids is 1. The van der Waals surface area contributed by atoms with E-state index in [0.717, 1.165) is 105 Å². The van der Waals surface area contributed by atoms with Crippen molar-refractivity contribution in [3.63, 3.8) is 0 Å². The number of halogens is 2. The van der Waals surface area contributed by atoms with E-state index in [1.165, 1.54) is 37.9 Å². The minimum atomic E-state index is -2.38. The predicted molar refractivity (Wildman–Crippen MR) is 451 cm³/mol. The molecule has 0 aromatic heterocycles.